The molecule has 2 atom stereocenters. The normalized spacial score (nSPS) is 19.4. The highest BCUT2D eigenvalue weighted by molar-refractivity contribution is 5.95. The molecule has 0 aromatic carbocycles. The molecule has 1 fully saturated rings. The van der Waals surface area contributed by atoms with Gasteiger partial charge in [0, 0.05) is 47.4 Å². The molecular formula is C24H30N4O3. The van der Waals surface area contributed by atoms with E-state index in [9.17, 15) is 14.7 Å². The summed E-state index contributed by atoms with van der Waals surface area (Å²) < 4.78 is 1.71. The number of aliphatic hydroxyl groups excluding tert-OH is 1. The number of nitrogens with zero attached hydrogens (tertiary/aromatic N) is 2. The lowest BCUT2D eigenvalue weighted by Crippen LogP contribution is -2.38. The first-order valence-corrected chi connectivity index (χ1v) is 11.1. The summed E-state index contributed by atoms with van der Waals surface area (Å²) in [5, 5.41) is 17.2. The Kier molecular flexibility index (Phi) is 5.96. The molecule has 2 unspecified atom stereocenters. The number of amides is 1. The number of aliphatic hydroxyl groups is 1. The van der Waals surface area contributed by atoms with Crippen molar-refractivity contribution in [2.45, 2.75) is 65.1 Å². The zero-order valence-corrected chi connectivity index (χ0v) is 18.3. The fourth-order valence-electron chi connectivity index (χ4n) is 4.11. The van der Waals surface area contributed by atoms with Gasteiger partial charge in [-0.2, -0.15) is 0 Å². The summed E-state index contributed by atoms with van der Waals surface area (Å²) in [6, 6.07) is 3.48. The van der Waals surface area contributed by atoms with E-state index in [-0.39, 0.29) is 23.4 Å². The number of carbonyl (C=O) groups excluding carboxylic acids is 1. The van der Waals surface area contributed by atoms with Crippen LogP contribution in [-0.4, -0.2) is 32.7 Å². The molecule has 3 N–H and O–H groups in total. The van der Waals surface area contributed by atoms with Crippen molar-refractivity contribution >= 4 is 28.2 Å². The van der Waals surface area contributed by atoms with E-state index < -0.39 is 6.10 Å². The molecule has 164 valence electrons. The minimum atomic E-state index is -0.463. The standard InChI is InChI=1S/C24H30N4O3/c1-4-6-21(29)19-9-14(3)18(13-25-19)17-10-16-12-26-22(27-23(30)15-7-8-15)11-20(16)28(5-2)24(17)31/h9-13,15,19,21,25,29H,4-8H2,1-3H3,(H,26,27,30). The third kappa shape index (κ3) is 4.28. The van der Waals surface area contributed by atoms with Crippen molar-refractivity contribution in [2.75, 3.05) is 5.32 Å². The van der Waals surface area contributed by atoms with Crippen molar-refractivity contribution in [1.82, 2.24) is 14.9 Å². The van der Waals surface area contributed by atoms with E-state index in [0.717, 1.165) is 41.3 Å². The molecule has 7 heteroatoms. The van der Waals surface area contributed by atoms with E-state index in [1.165, 1.54) is 0 Å². The molecule has 1 aliphatic carbocycles. The zero-order valence-electron chi connectivity index (χ0n) is 18.3. The minimum Gasteiger partial charge on any atom is -0.391 e. The van der Waals surface area contributed by atoms with Gasteiger partial charge in [0.25, 0.3) is 5.56 Å². The van der Waals surface area contributed by atoms with E-state index in [4.69, 9.17) is 0 Å². The first-order chi connectivity index (χ1) is 14.9. The van der Waals surface area contributed by atoms with Gasteiger partial charge in [0.15, 0.2) is 0 Å². The van der Waals surface area contributed by atoms with Crippen molar-refractivity contribution in [3.63, 3.8) is 0 Å². The van der Waals surface area contributed by atoms with E-state index in [0.29, 0.717) is 24.3 Å². The van der Waals surface area contributed by atoms with Crippen LogP contribution in [0.2, 0.25) is 0 Å². The number of aromatic nitrogens is 2. The SMILES string of the molecule is CCCC(O)C1C=C(C)C(c2cc3cnc(NC(=O)C4CC4)cc3n(CC)c2=O)=CN1. The first kappa shape index (κ1) is 21.3. The Bertz CT molecular complexity index is 1130. The number of dihydropyridines is 1. The van der Waals surface area contributed by atoms with Gasteiger partial charge in [0.1, 0.15) is 5.82 Å². The number of aryl methyl sites for hydroxylation is 1. The monoisotopic (exact) mass is 422 g/mol. The van der Waals surface area contributed by atoms with Gasteiger partial charge in [-0.25, -0.2) is 4.98 Å². The molecule has 2 aliphatic rings. The fourth-order valence-corrected chi connectivity index (χ4v) is 4.11. The molecule has 1 amide bonds. The Balaban J connectivity index is 1.69. The average Bonchev–Trinajstić information content (AvgIpc) is 3.59. The molecule has 2 aromatic heterocycles. The highest BCUT2D eigenvalue weighted by Gasteiger charge is 2.30. The molecule has 7 nitrogen and oxygen atoms in total. The predicted molar refractivity (Wildman–Crippen MR) is 123 cm³/mol. The van der Waals surface area contributed by atoms with Gasteiger partial charge in [-0.05, 0) is 44.7 Å². The second kappa shape index (κ2) is 8.67. The number of pyridine rings is 2. The average molecular weight is 423 g/mol. The van der Waals surface area contributed by atoms with Crippen molar-refractivity contribution in [3.8, 4) is 0 Å². The molecule has 31 heavy (non-hydrogen) atoms. The van der Waals surface area contributed by atoms with E-state index in [1.807, 2.05) is 39.1 Å². The van der Waals surface area contributed by atoms with Crippen LogP contribution >= 0.6 is 0 Å². The fraction of sp³-hybridized carbons (Fsp3) is 0.458. The summed E-state index contributed by atoms with van der Waals surface area (Å²) in [5.41, 5.74) is 3.03. The maximum absolute atomic E-state index is 13.3. The van der Waals surface area contributed by atoms with Crippen LogP contribution in [0, 0.1) is 5.92 Å². The number of allylic oxidation sites excluding steroid dienone is 2. The van der Waals surface area contributed by atoms with E-state index in [2.05, 4.69) is 15.6 Å². The smallest absolute Gasteiger partial charge is 0.258 e. The Labute approximate surface area is 181 Å². The maximum Gasteiger partial charge on any atom is 0.258 e. The minimum absolute atomic E-state index is 0.00659. The van der Waals surface area contributed by atoms with Crippen molar-refractivity contribution in [1.29, 1.82) is 0 Å². The third-order valence-electron chi connectivity index (χ3n) is 6.06. The molecule has 0 spiro atoms. The van der Waals surface area contributed by atoms with E-state index in [1.54, 1.807) is 16.8 Å². The van der Waals surface area contributed by atoms with Crippen LogP contribution in [0.25, 0.3) is 16.5 Å². The second-order valence-electron chi connectivity index (χ2n) is 8.46. The summed E-state index contributed by atoms with van der Waals surface area (Å²) in [4.78, 5) is 29.8. The number of fused-ring (bicyclic) bond motifs is 1. The van der Waals surface area contributed by atoms with Gasteiger partial charge in [-0.3, -0.25) is 9.59 Å². The van der Waals surface area contributed by atoms with Crippen LogP contribution in [0.15, 0.2) is 41.0 Å². The van der Waals surface area contributed by atoms with Crippen LogP contribution in [-0.2, 0) is 11.3 Å². The number of hydrogen-bond acceptors (Lipinski definition) is 5. The molecule has 1 saturated carbocycles. The predicted octanol–water partition coefficient (Wildman–Crippen LogP) is 3.18. The summed E-state index contributed by atoms with van der Waals surface area (Å²) >= 11 is 0. The van der Waals surface area contributed by atoms with Crippen LogP contribution in [0.1, 0.15) is 52.0 Å². The van der Waals surface area contributed by atoms with E-state index >= 15 is 0 Å². The van der Waals surface area contributed by atoms with Gasteiger partial charge in [-0.1, -0.05) is 19.4 Å². The molecule has 3 heterocycles. The third-order valence-corrected chi connectivity index (χ3v) is 6.06. The number of nitrogens with one attached hydrogen (secondary N) is 2. The number of hydrogen-bond donors (Lipinski definition) is 3. The largest absolute Gasteiger partial charge is 0.391 e. The Morgan fingerprint density at radius 2 is 2.13 bits per heavy atom. The topological polar surface area (TPSA) is 96.2 Å². The van der Waals surface area contributed by atoms with Gasteiger partial charge in [-0.15, -0.1) is 0 Å². The second-order valence-corrected chi connectivity index (χ2v) is 8.46. The molecule has 1 aliphatic heterocycles. The highest BCUT2D eigenvalue weighted by Crippen LogP contribution is 2.31. The lowest BCUT2D eigenvalue weighted by Gasteiger charge is -2.26. The molecule has 0 bridgehead atoms. The van der Waals surface area contributed by atoms with Crippen molar-refractivity contribution in [3.05, 3.63) is 52.1 Å². The van der Waals surface area contributed by atoms with Gasteiger partial charge < -0.3 is 20.3 Å². The molecule has 4 rings (SSSR count). The lowest BCUT2D eigenvalue weighted by atomic mass is 9.93. The van der Waals surface area contributed by atoms with Gasteiger partial charge >= 0.3 is 0 Å². The molecule has 0 radical (unpaired) electrons. The maximum atomic E-state index is 13.3. The molecule has 0 saturated heterocycles. The summed E-state index contributed by atoms with van der Waals surface area (Å²) in [7, 11) is 0. The van der Waals surface area contributed by atoms with Crippen LogP contribution in [0.5, 0.6) is 0 Å². The van der Waals surface area contributed by atoms with Gasteiger partial charge in [0.2, 0.25) is 5.91 Å². The Hall–Kier alpha value is -2.93. The summed E-state index contributed by atoms with van der Waals surface area (Å²) in [5.74, 6) is 0.558. The van der Waals surface area contributed by atoms with Crippen molar-refractivity contribution < 1.29 is 9.90 Å². The molecular weight excluding hydrogens is 392 g/mol. The highest BCUT2D eigenvalue weighted by atomic mass is 16.3. The van der Waals surface area contributed by atoms with Crippen LogP contribution < -0.4 is 16.2 Å². The number of rotatable bonds is 7. The lowest BCUT2D eigenvalue weighted by molar-refractivity contribution is -0.117. The summed E-state index contributed by atoms with van der Waals surface area (Å²) in [6.45, 7) is 6.45. The summed E-state index contributed by atoms with van der Waals surface area (Å²) in [6.07, 6.45) is 8.54. The number of anilines is 1. The van der Waals surface area contributed by atoms with Crippen molar-refractivity contribution in [2.24, 2.45) is 5.92 Å². The molecule has 2 aromatic rings. The van der Waals surface area contributed by atoms with Gasteiger partial charge in [0.05, 0.1) is 17.7 Å². The van der Waals surface area contributed by atoms with Crippen LogP contribution in [0.3, 0.4) is 0 Å². The number of carbonyl (C=O) groups is 1. The quantitative estimate of drug-likeness (QED) is 0.637. The van der Waals surface area contributed by atoms with Crippen LogP contribution in [0.4, 0.5) is 5.82 Å². The zero-order chi connectivity index (χ0) is 22.1. The Morgan fingerprint density at radius 3 is 2.77 bits per heavy atom. The Morgan fingerprint density at radius 1 is 1.35 bits per heavy atom. The first-order valence-electron chi connectivity index (χ1n) is 11.1.